The fourth-order valence-electron chi connectivity index (χ4n) is 1.70. The van der Waals surface area contributed by atoms with Crippen LogP contribution in [0.2, 0.25) is 0 Å². The third-order valence-corrected chi connectivity index (χ3v) is 2.47. The van der Waals surface area contributed by atoms with E-state index in [1.54, 1.807) is 13.2 Å². The summed E-state index contributed by atoms with van der Waals surface area (Å²) in [5, 5.41) is 2.59. The molecule has 4 heteroatoms. The molecule has 1 aromatic rings. The zero-order valence-corrected chi connectivity index (χ0v) is 8.59. The van der Waals surface area contributed by atoms with Crippen molar-refractivity contribution in [2.45, 2.75) is 13.3 Å². The third kappa shape index (κ3) is 1.58. The van der Waals surface area contributed by atoms with Crippen molar-refractivity contribution in [1.82, 2.24) is 0 Å². The van der Waals surface area contributed by atoms with Crippen molar-refractivity contribution in [1.29, 1.82) is 0 Å². The van der Waals surface area contributed by atoms with E-state index in [-0.39, 0.29) is 6.42 Å². The van der Waals surface area contributed by atoms with Gasteiger partial charge in [0.25, 0.3) is 5.91 Å². The lowest BCUT2D eigenvalue weighted by Crippen LogP contribution is -2.30. The van der Waals surface area contributed by atoms with Crippen molar-refractivity contribution in [3.8, 4) is 5.75 Å². The zero-order chi connectivity index (χ0) is 11.0. The third-order valence-electron chi connectivity index (χ3n) is 2.47. The molecule has 0 unspecified atom stereocenters. The van der Waals surface area contributed by atoms with E-state index in [1.807, 2.05) is 13.0 Å². The topological polar surface area (TPSA) is 55.4 Å². The van der Waals surface area contributed by atoms with Crippen LogP contribution < -0.4 is 10.1 Å². The molecule has 0 bridgehead atoms. The molecule has 1 aromatic carbocycles. The Balaban J connectivity index is 2.52. The van der Waals surface area contributed by atoms with Crippen LogP contribution in [0.3, 0.4) is 0 Å². The first kappa shape index (κ1) is 9.71. The van der Waals surface area contributed by atoms with Gasteiger partial charge in [0.2, 0.25) is 5.78 Å². The molecule has 0 aliphatic carbocycles. The van der Waals surface area contributed by atoms with Crippen molar-refractivity contribution < 1.29 is 14.3 Å². The average Bonchev–Trinajstić information content (AvgIpc) is 2.21. The van der Waals surface area contributed by atoms with Gasteiger partial charge in [-0.05, 0) is 30.2 Å². The van der Waals surface area contributed by atoms with Crippen LogP contribution >= 0.6 is 0 Å². The van der Waals surface area contributed by atoms with E-state index >= 15 is 0 Å². The molecule has 0 aromatic heterocycles. The Morgan fingerprint density at radius 2 is 2.07 bits per heavy atom. The van der Waals surface area contributed by atoms with Crippen LogP contribution in [0.25, 0.3) is 0 Å². The van der Waals surface area contributed by atoms with E-state index in [1.165, 1.54) is 0 Å². The predicted octanol–water partition coefficient (Wildman–Crippen LogP) is 1.07. The SMILES string of the molecule is COc1cc(C)c2c(c1)CC(=O)C(=O)N2. The molecule has 1 amide bonds. The van der Waals surface area contributed by atoms with E-state index < -0.39 is 11.7 Å². The average molecular weight is 205 g/mol. The van der Waals surface area contributed by atoms with Gasteiger partial charge in [-0.1, -0.05) is 0 Å². The number of hydrogen-bond acceptors (Lipinski definition) is 3. The first-order valence-corrected chi connectivity index (χ1v) is 4.63. The number of aryl methyl sites for hydroxylation is 1. The largest absolute Gasteiger partial charge is 0.497 e. The number of ketones is 1. The van der Waals surface area contributed by atoms with Gasteiger partial charge in [-0.15, -0.1) is 0 Å². The zero-order valence-electron chi connectivity index (χ0n) is 8.59. The monoisotopic (exact) mass is 205 g/mol. The van der Waals surface area contributed by atoms with Gasteiger partial charge in [0, 0.05) is 12.1 Å². The number of amides is 1. The van der Waals surface area contributed by atoms with Crippen LogP contribution in [0.1, 0.15) is 11.1 Å². The summed E-state index contributed by atoms with van der Waals surface area (Å²) in [6.45, 7) is 1.87. The number of Topliss-reactive ketones (excluding diaryl/α,β-unsaturated/α-hetero) is 1. The molecule has 0 saturated heterocycles. The molecule has 15 heavy (non-hydrogen) atoms. The Morgan fingerprint density at radius 1 is 1.33 bits per heavy atom. The molecular formula is C11H11NO3. The predicted molar refractivity (Wildman–Crippen MR) is 55.1 cm³/mol. The Kier molecular flexibility index (Phi) is 2.19. The second-order valence-electron chi connectivity index (χ2n) is 3.53. The number of carbonyl (C=O) groups is 2. The minimum absolute atomic E-state index is 0.152. The summed E-state index contributed by atoms with van der Waals surface area (Å²) in [6.07, 6.45) is 0.152. The number of anilines is 1. The highest BCUT2D eigenvalue weighted by molar-refractivity contribution is 6.42. The molecular weight excluding hydrogens is 194 g/mol. The molecule has 1 heterocycles. The van der Waals surface area contributed by atoms with Gasteiger partial charge in [-0.3, -0.25) is 9.59 Å². The summed E-state index contributed by atoms with van der Waals surface area (Å²) in [6, 6.07) is 3.61. The Hall–Kier alpha value is -1.84. The normalized spacial score (nSPS) is 14.5. The fourth-order valence-corrected chi connectivity index (χ4v) is 1.70. The van der Waals surface area contributed by atoms with Gasteiger partial charge >= 0.3 is 0 Å². The highest BCUT2D eigenvalue weighted by Crippen LogP contribution is 2.29. The molecule has 2 rings (SSSR count). The number of ether oxygens (including phenoxy) is 1. The molecule has 0 saturated carbocycles. The number of benzene rings is 1. The first-order chi connectivity index (χ1) is 7.11. The fraction of sp³-hybridized carbons (Fsp3) is 0.273. The Bertz CT molecular complexity index is 451. The summed E-state index contributed by atoms with van der Waals surface area (Å²) in [4.78, 5) is 22.4. The van der Waals surface area contributed by atoms with Crippen LogP contribution in [-0.4, -0.2) is 18.8 Å². The van der Waals surface area contributed by atoms with Crippen LogP contribution in [0.4, 0.5) is 5.69 Å². The summed E-state index contributed by atoms with van der Waals surface area (Å²) >= 11 is 0. The maximum Gasteiger partial charge on any atom is 0.292 e. The quantitative estimate of drug-likeness (QED) is 0.697. The van der Waals surface area contributed by atoms with Crippen LogP contribution in [0.5, 0.6) is 5.75 Å². The first-order valence-electron chi connectivity index (χ1n) is 4.63. The van der Waals surface area contributed by atoms with Crippen molar-refractivity contribution in [2.75, 3.05) is 12.4 Å². The minimum Gasteiger partial charge on any atom is -0.497 e. The van der Waals surface area contributed by atoms with Crippen LogP contribution in [0.15, 0.2) is 12.1 Å². The van der Waals surface area contributed by atoms with E-state index in [9.17, 15) is 9.59 Å². The second-order valence-corrected chi connectivity index (χ2v) is 3.53. The van der Waals surface area contributed by atoms with Gasteiger partial charge in [0.15, 0.2) is 0 Å². The van der Waals surface area contributed by atoms with Gasteiger partial charge in [0.05, 0.1) is 7.11 Å². The molecule has 4 nitrogen and oxygen atoms in total. The molecule has 1 N–H and O–H groups in total. The summed E-state index contributed by atoms with van der Waals surface area (Å²) in [5.41, 5.74) is 2.46. The number of carbonyl (C=O) groups excluding carboxylic acids is 2. The van der Waals surface area contributed by atoms with Gasteiger partial charge in [0.1, 0.15) is 5.75 Å². The summed E-state index contributed by atoms with van der Waals surface area (Å²) in [7, 11) is 1.57. The van der Waals surface area contributed by atoms with Crippen molar-refractivity contribution in [3.63, 3.8) is 0 Å². The maximum atomic E-state index is 11.2. The molecule has 0 fully saturated rings. The molecule has 0 spiro atoms. The molecule has 78 valence electrons. The second kappa shape index (κ2) is 3.38. The molecule has 1 aliphatic rings. The minimum atomic E-state index is -0.532. The number of rotatable bonds is 1. The van der Waals surface area contributed by atoms with E-state index in [4.69, 9.17) is 4.74 Å². The number of fused-ring (bicyclic) bond motifs is 1. The standard InChI is InChI=1S/C11H11NO3/c1-6-3-8(15-2)4-7-5-9(13)11(14)12-10(6)7/h3-4H,5H2,1-2H3,(H,12,14). The number of methoxy groups -OCH3 is 1. The number of nitrogens with one attached hydrogen (secondary N) is 1. The smallest absolute Gasteiger partial charge is 0.292 e. The molecule has 1 aliphatic heterocycles. The lowest BCUT2D eigenvalue weighted by molar-refractivity contribution is -0.134. The highest BCUT2D eigenvalue weighted by Gasteiger charge is 2.24. The van der Waals surface area contributed by atoms with Gasteiger partial charge in [-0.2, -0.15) is 0 Å². The van der Waals surface area contributed by atoms with E-state index in [0.29, 0.717) is 5.75 Å². The number of hydrogen-bond donors (Lipinski definition) is 1. The van der Waals surface area contributed by atoms with Crippen LogP contribution in [0, 0.1) is 6.92 Å². The van der Waals surface area contributed by atoms with Gasteiger partial charge in [-0.25, -0.2) is 0 Å². The van der Waals surface area contributed by atoms with Crippen molar-refractivity contribution in [2.24, 2.45) is 0 Å². The summed E-state index contributed by atoms with van der Waals surface area (Å²) < 4.78 is 5.10. The Morgan fingerprint density at radius 3 is 2.73 bits per heavy atom. The molecule has 0 radical (unpaired) electrons. The summed E-state index contributed by atoms with van der Waals surface area (Å²) in [5.74, 6) is -0.235. The maximum absolute atomic E-state index is 11.2. The lowest BCUT2D eigenvalue weighted by Gasteiger charge is -2.18. The Labute approximate surface area is 87.2 Å². The van der Waals surface area contributed by atoms with E-state index in [2.05, 4.69) is 5.32 Å². The van der Waals surface area contributed by atoms with Crippen LogP contribution in [-0.2, 0) is 16.0 Å². The van der Waals surface area contributed by atoms with E-state index in [0.717, 1.165) is 16.8 Å². The van der Waals surface area contributed by atoms with Gasteiger partial charge < -0.3 is 10.1 Å². The molecule has 0 atom stereocenters. The van der Waals surface area contributed by atoms with Crippen molar-refractivity contribution in [3.05, 3.63) is 23.3 Å². The van der Waals surface area contributed by atoms with Crippen molar-refractivity contribution >= 4 is 17.4 Å². The highest BCUT2D eigenvalue weighted by atomic mass is 16.5. The lowest BCUT2D eigenvalue weighted by atomic mass is 9.98.